The summed E-state index contributed by atoms with van der Waals surface area (Å²) in [7, 11) is 0. The van der Waals surface area contributed by atoms with Crippen molar-refractivity contribution in [2.75, 3.05) is 0 Å². The molecule has 0 N–H and O–H groups in total. The highest BCUT2D eigenvalue weighted by Crippen LogP contribution is 2.46. The van der Waals surface area contributed by atoms with E-state index in [1.54, 1.807) is 0 Å². The Kier molecular flexibility index (Phi) is 19.8. The molecular weight excluding hydrogens is 1710 g/mol. The molecule has 0 bridgehead atoms. The third-order valence-corrected chi connectivity index (χ3v) is 28.2. The van der Waals surface area contributed by atoms with Crippen LogP contribution in [0.15, 0.2) is 504 Å². The Balaban J connectivity index is 0.000000107. The maximum Gasteiger partial charge on any atom is 0.235 e. The van der Waals surface area contributed by atoms with Crippen molar-refractivity contribution in [3.05, 3.63) is 504 Å². The molecule has 0 atom stereocenters. The van der Waals surface area contributed by atoms with Crippen LogP contribution in [0.5, 0.6) is 0 Å². The molecule has 0 fully saturated rings. The van der Waals surface area contributed by atoms with Crippen molar-refractivity contribution >= 4 is 163 Å². The Hall–Kier alpha value is -19.0. The minimum absolute atomic E-state index is 0.669. The second-order valence-electron chi connectivity index (χ2n) is 36.2. The molecule has 0 spiro atoms. The average Bonchev–Trinajstić information content (AvgIpc) is 1.67. The van der Waals surface area contributed by atoms with Gasteiger partial charge in [0.05, 0.1) is 66.7 Å². The van der Waals surface area contributed by atoms with Gasteiger partial charge in [-0.1, -0.05) is 419 Å². The molecule has 0 saturated heterocycles. The molecule has 0 amide bonds. The quantitative estimate of drug-likeness (QED) is 0.120. The van der Waals surface area contributed by atoms with E-state index in [2.05, 4.69) is 493 Å². The average molecular weight is 1800 g/mol. The molecule has 9 nitrogen and oxygen atoms in total. The van der Waals surface area contributed by atoms with E-state index in [9.17, 15) is 0 Å². The Labute approximate surface area is 811 Å². The van der Waals surface area contributed by atoms with Crippen LogP contribution in [0.4, 0.5) is 0 Å². The van der Waals surface area contributed by atoms with Crippen molar-refractivity contribution in [2.24, 2.45) is 0 Å². The van der Waals surface area contributed by atoms with Gasteiger partial charge in [-0.2, -0.15) is 0 Å². The van der Waals surface area contributed by atoms with Crippen LogP contribution < -0.4 is 0 Å². The molecule has 0 saturated carbocycles. The number of hydrogen-bond donors (Lipinski definition) is 0. The molecule has 23 aromatic carbocycles. The first-order chi connectivity index (χ1) is 69.9. The van der Waals surface area contributed by atoms with Crippen molar-refractivity contribution in [1.82, 2.24) is 43.6 Å². The number of para-hydroxylation sites is 7. The third-order valence-electron chi connectivity index (χ3n) is 28.2. The Morgan fingerprint density at radius 1 is 0.135 bits per heavy atom. The van der Waals surface area contributed by atoms with Crippen molar-refractivity contribution < 1.29 is 0 Å². The highest BCUT2D eigenvalue weighted by Gasteiger charge is 2.25. The second kappa shape index (κ2) is 34.1. The number of aromatic nitrogens is 9. The van der Waals surface area contributed by atoms with Gasteiger partial charge in [0.2, 0.25) is 11.9 Å². The maximum absolute atomic E-state index is 5.31. The van der Waals surface area contributed by atoms with Crippen LogP contribution in [0.25, 0.3) is 270 Å². The normalized spacial score (nSPS) is 11.7. The van der Waals surface area contributed by atoms with Gasteiger partial charge in [0.15, 0.2) is 5.82 Å². The van der Waals surface area contributed by atoms with Crippen molar-refractivity contribution in [1.29, 1.82) is 0 Å². The topological polar surface area (TPSA) is 92.1 Å². The molecule has 29 aromatic rings. The third kappa shape index (κ3) is 14.1. The van der Waals surface area contributed by atoms with Crippen LogP contribution in [0, 0.1) is 0 Å². The number of hydrogen-bond acceptors (Lipinski definition) is 6. The van der Waals surface area contributed by atoms with Gasteiger partial charge in [-0.15, -0.1) is 0 Å². The van der Waals surface area contributed by atoms with Gasteiger partial charge in [0.25, 0.3) is 0 Å². The summed E-state index contributed by atoms with van der Waals surface area (Å²) < 4.78 is 6.80. The van der Waals surface area contributed by atoms with E-state index in [1.807, 2.05) is 24.3 Å². The fourth-order valence-corrected chi connectivity index (χ4v) is 21.7. The lowest BCUT2D eigenvalue weighted by atomic mass is 9.92. The summed E-state index contributed by atoms with van der Waals surface area (Å²) in [5, 5.41) is 25.6. The van der Waals surface area contributed by atoms with Crippen LogP contribution in [-0.2, 0) is 0 Å². The van der Waals surface area contributed by atoms with E-state index < -0.39 is 0 Å². The summed E-state index contributed by atoms with van der Waals surface area (Å²) in [6.45, 7) is 0. The summed E-state index contributed by atoms with van der Waals surface area (Å²) in [5.74, 6) is 2.06. The monoisotopic (exact) mass is 1790 g/mol. The summed E-state index contributed by atoms with van der Waals surface area (Å²) >= 11 is 0. The lowest BCUT2D eigenvalue weighted by Crippen LogP contribution is -2.03. The van der Waals surface area contributed by atoms with E-state index in [-0.39, 0.29) is 0 Å². The van der Waals surface area contributed by atoms with Crippen LogP contribution in [0.2, 0.25) is 0 Å². The molecule has 9 heteroatoms. The Bertz CT molecular complexity index is 9980. The first-order valence-corrected chi connectivity index (χ1v) is 48.0. The zero-order valence-corrected chi connectivity index (χ0v) is 76.4. The molecule has 656 valence electrons. The van der Waals surface area contributed by atoms with Crippen molar-refractivity contribution in [3.8, 4) is 107 Å². The lowest BCUT2D eigenvalue weighted by Gasteiger charge is -2.13. The highest BCUT2D eigenvalue weighted by atomic mass is 15.2. The molecule has 6 heterocycles. The van der Waals surface area contributed by atoms with E-state index in [0.29, 0.717) is 17.7 Å². The first-order valence-electron chi connectivity index (χ1n) is 48.0. The van der Waals surface area contributed by atoms with E-state index in [1.165, 1.54) is 147 Å². The van der Waals surface area contributed by atoms with Gasteiger partial charge in [0.1, 0.15) is 0 Å². The minimum atomic E-state index is 0.669. The van der Waals surface area contributed by atoms with Crippen LogP contribution in [-0.4, -0.2) is 43.6 Å². The van der Waals surface area contributed by atoms with Gasteiger partial charge < -0.3 is 4.57 Å². The molecule has 141 heavy (non-hydrogen) atoms. The van der Waals surface area contributed by atoms with Crippen LogP contribution in [0.3, 0.4) is 0 Å². The predicted octanol–water partition coefficient (Wildman–Crippen LogP) is 34.4. The first kappa shape index (κ1) is 81.6. The van der Waals surface area contributed by atoms with Crippen molar-refractivity contribution in [2.45, 2.75) is 0 Å². The molecule has 0 radical (unpaired) electrons. The zero-order valence-electron chi connectivity index (χ0n) is 76.4. The van der Waals surface area contributed by atoms with Gasteiger partial charge >= 0.3 is 0 Å². The lowest BCUT2D eigenvalue weighted by molar-refractivity contribution is 1.01. The number of benzene rings is 23. The SMILES string of the molecule is c1ccc(-c2ccc(-c3nc(-n4c5ccccc5c5ccc(-c6ccccc6)cc54)nc4ccccc34)cc2)cc1.c1ccc(-c2nc(-n3c4ccccc4c4cc(-c5ccc6c7ccccc7c7ccccc7c6c5)ccc43)nc3ccccc23)cc1.c1ccc(-n2c3ccccc3c3c(-c4ccc(-c5nc(-c6ccc7c8ccccc8c8ccccc8c7c6)c6ccccc6n5)cc4)cccc32)cc1. The molecule has 0 unspecified atom stereocenters. The molecule has 0 aliphatic heterocycles. The summed E-state index contributed by atoms with van der Waals surface area (Å²) in [5.41, 5.74) is 27.2. The summed E-state index contributed by atoms with van der Waals surface area (Å²) in [6.07, 6.45) is 0. The van der Waals surface area contributed by atoms with Crippen molar-refractivity contribution in [3.63, 3.8) is 0 Å². The van der Waals surface area contributed by atoms with Gasteiger partial charge in [-0.3, -0.25) is 9.13 Å². The largest absolute Gasteiger partial charge is 0.309 e. The van der Waals surface area contributed by atoms with Crippen LogP contribution in [0.1, 0.15) is 0 Å². The summed E-state index contributed by atoms with van der Waals surface area (Å²) in [4.78, 5) is 31.2. The number of nitrogens with zero attached hydrogens (tertiary/aromatic N) is 9. The van der Waals surface area contributed by atoms with E-state index in [4.69, 9.17) is 29.9 Å². The van der Waals surface area contributed by atoms with E-state index in [0.717, 1.165) is 105 Å². The number of fused-ring (bicyclic) bond motifs is 24. The zero-order chi connectivity index (χ0) is 93.0. The highest BCUT2D eigenvalue weighted by molar-refractivity contribution is 6.28. The minimum Gasteiger partial charge on any atom is -0.309 e. The molecule has 29 rings (SSSR count). The Morgan fingerprint density at radius 2 is 0.433 bits per heavy atom. The Morgan fingerprint density at radius 3 is 0.950 bits per heavy atom. The fourth-order valence-electron chi connectivity index (χ4n) is 21.7. The smallest absolute Gasteiger partial charge is 0.235 e. The number of rotatable bonds is 11. The van der Waals surface area contributed by atoms with Gasteiger partial charge in [-0.05, 0) is 194 Å². The van der Waals surface area contributed by atoms with Gasteiger partial charge in [-0.25, -0.2) is 29.9 Å². The molecular formula is C132H83N9. The van der Waals surface area contributed by atoms with Crippen LogP contribution >= 0.6 is 0 Å². The summed E-state index contributed by atoms with van der Waals surface area (Å²) in [6, 6.07) is 179. The van der Waals surface area contributed by atoms with E-state index >= 15 is 0 Å². The molecule has 0 aliphatic carbocycles. The maximum atomic E-state index is 5.31. The molecule has 6 aromatic heterocycles. The second-order valence-corrected chi connectivity index (χ2v) is 36.2. The van der Waals surface area contributed by atoms with Gasteiger partial charge in [0, 0.05) is 76.4 Å². The fraction of sp³-hybridized carbons (Fsp3) is 0. The standard InChI is InChI=1S/C50H31N3.C44H27N3.C38H25N3/c1-2-13-35(14-3-1)53-46-23-11-9-20-43(46)48-36(21-12-24-47(48)53)32-25-27-33(28-26-32)50-51-45-22-10-8-19-42(45)49(52-50)34-29-30-41-39-17-5-4-15-37(39)38-16-6-7-18-40(38)44(41)31-34;1-2-12-28(13-3-1)43-37-19-8-10-20-40(37)45-44(46-43)47-41-21-11-9-18-36(41)39-27-30(23-25-42(39)47)29-22-24-35-33-16-5-4-14-31(33)32-15-6-7-17-34(32)38(35)26-29;1-3-11-26(12-4-1)28-19-21-29(22-20-28)37-33-16-7-9-17-34(33)39-38(40-37)41-35-18-10-8-15-31(35)32-24-23-30(25-36(32)41)27-13-5-2-6-14-27/h1-31H;1-27H;1-25H. The predicted molar refractivity (Wildman–Crippen MR) is 590 cm³/mol. The molecule has 0 aliphatic rings.